The second-order valence-corrected chi connectivity index (χ2v) is 7.73. The summed E-state index contributed by atoms with van der Waals surface area (Å²) in [7, 11) is 0. The molecule has 0 saturated heterocycles. The Labute approximate surface area is 127 Å². The number of ether oxygens (including phenoxy) is 1. The molecule has 4 nitrogen and oxygen atoms in total. The average molecular weight is 303 g/mol. The van der Waals surface area contributed by atoms with E-state index >= 15 is 0 Å². The fraction of sp³-hybridized carbons (Fsp3) is 0.933. The molecule has 1 saturated carbocycles. The summed E-state index contributed by atoms with van der Waals surface area (Å²) in [4.78, 5) is 11.8. The lowest BCUT2D eigenvalue weighted by Gasteiger charge is -2.33. The Hall–Kier alpha value is -0.420. The Morgan fingerprint density at radius 2 is 2.05 bits per heavy atom. The second-order valence-electron chi connectivity index (χ2n) is 6.75. The van der Waals surface area contributed by atoms with Crippen LogP contribution in [0.3, 0.4) is 0 Å². The molecule has 0 spiro atoms. The van der Waals surface area contributed by atoms with Crippen LogP contribution in [0.1, 0.15) is 46.5 Å². The van der Waals surface area contributed by atoms with Gasteiger partial charge in [-0.25, -0.2) is 4.79 Å². The van der Waals surface area contributed by atoms with E-state index in [4.69, 9.17) is 4.74 Å². The summed E-state index contributed by atoms with van der Waals surface area (Å²) < 4.78 is 5.27. The van der Waals surface area contributed by atoms with Crippen molar-refractivity contribution < 1.29 is 14.6 Å². The maximum atomic E-state index is 11.8. The minimum Gasteiger partial charge on any atom is -0.444 e. The number of aliphatic hydroxyl groups is 1. The van der Waals surface area contributed by atoms with E-state index in [9.17, 15) is 9.90 Å². The number of thioether (sulfide) groups is 1. The summed E-state index contributed by atoms with van der Waals surface area (Å²) in [5.74, 6) is 1.64. The highest BCUT2D eigenvalue weighted by molar-refractivity contribution is 7.98. The van der Waals surface area contributed by atoms with Gasteiger partial charge >= 0.3 is 6.09 Å². The topological polar surface area (TPSA) is 58.6 Å². The van der Waals surface area contributed by atoms with Gasteiger partial charge in [0.05, 0.1) is 6.61 Å². The minimum atomic E-state index is -0.482. The molecule has 1 amide bonds. The van der Waals surface area contributed by atoms with Crippen LogP contribution in [0.5, 0.6) is 0 Å². The molecule has 0 aromatic rings. The van der Waals surface area contributed by atoms with Crippen LogP contribution >= 0.6 is 11.8 Å². The zero-order valence-corrected chi connectivity index (χ0v) is 14.0. The van der Waals surface area contributed by atoms with Crippen LogP contribution in [0.25, 0.3) is 0 Å². The maximum Gasteiger partial charge on any atom is 0.407 e. The third-order valence-electron chi connectivity index (χ3n) is 3.77. The lowest BCUT2D eigenvalue weighted by atomic mass is 9.79. The molecule has 0 aliphatic heterocycles. The van der Waals surface area contributed by atoms with Gasteiger partial charge in [0.1, 0.15) is 5.60 Å². The smallest absolute Gasteiger partial charge is 0.407 e. The number of amides is 1. The van der Waals surface area contributed by atoms with E-state index in [-0.39, 0.29) is 18.1 Å². The van der Waals surface area contributed by atoms with Crippen molar-refractivity contribution in [1.29, 1.82) is 0 Å². The normalized spacial score (nSPS) is 18.4. The van der Waals surface area contributed by atoms with Crippen LogP contribution in [0.15, 0.2) is 0 Å². The molecule has 0 bridgehead atoms. The van der Waals surface area contributed by atoms with Crippen LogP contribution in [0.4, 0.5) is 4.79 Å². The number of carbonyl (C=O) groups is 1. The van der Waals surface area contributed by atoms with Gasteiger partial charge in [0.15, 0.2) is 0 Å². The first kappa shape index (κ1) is 17.6. The van der Waals surface area contributed by atoms with E-state index in [0.717, 1.165) is 31.4 Å². The lowest BCUT2D eigenvalue weighted by Crippen LogP contribution is -2.43. The van der Waals surface area contributed by atoms with Gasteiger partial charge < -0.3 is 15.2 Å². The molecule has 5 heteroatoms. The Morgan fingerprint density at radius 3 is 2.50 bits per heavy atom. The Bertz CT molecular complexity index is 313. The van der Waals surface area contributed by atoms with Gasteiger partial charge in [-0.1, -0.05) is 0 Å². The molecule has 1 unspecified atom stereocenters. The summed E-state index contributed by atoms with van der Waals surface area (Å²) in [5, 5.41) is 12.7. The summed E-state index contributed by atoms with van der Waals surface area (Å²) in [6, 6.07) is 0. The minimum absolute atomic E-state index is 0.141. The van der Waals surface area contributed by atoms with Gasteiger partial charge in [-0.2, -0.15) is 11.8 Å². The summed E-state index contributed by atoms with van der Waals surface area (Å²) in [5.41, 5.74) is -0.642. The predicted molar refractivity (Wildman–Crippen MR) is 84.1 cm³/mol. The predicted octanol–water partition coefficient (Wildman–Crippen LogP) is 3.04. The maximum absolute atomic E-state index is 11.8. The van der Waals surface area contributed by atoms with Crippen molar-refractivity contribution in [2.24, 2.45) is 11.3 Å². The molecule has 1 rings (SSSR count). The number of rotatable bonds is 8. The summed E-state index contributed by atoms with van der Waals surface area (Å²) in [6.45, 7) is 6.21. The zero-order valence-electron chi connectivity index (χ0n) is 13.2. The molecule has 0 aromatic carbocycles. The van der Waals surface area contributed by atoms with E-state index in [1.165, 1.54) is 0 Å². The molecular formula is C15H29NO3S. The fourth-order valence-electron chi connectivity index (χ4n) is 2.53. The number of aliphatic hydroxyl groups excluding tert-OH is 1. The van der Waals surface area contributed by atoms with Gasteiger partial charge in [0.2, 0.25) is 0 Å². The van der Waals surface area contributed by atoms with Crippen LogP contribution in [0.2, 0.25) is 0 Å². The highest BCUT2D eigenvalue weighted by atomic mass is 32.2. The molecule has 20 heavy (non-hydrogen) atoms. The summed E-state index contributed by atoms with van der Waals surface area (Å²) in [6.07, 6.45) is 6.07. The van der Waals surface area contributed by atoms with Gasteiger partial charge in [-0.05, 0) is 64.4 Å². The molecule has 0 radical (unpaired) electrons. The van der Waals surface area contributed by atoms with Crippen LogP contribution in [-0.4, -0.2) is 42.0 Å². The van der Waals surface area contributed by atoms with Crippen LogP contribution in [0, 0.1) is 11.3 Å². The quantitative estimate of drug-likeness (QED) is 0.677. The highest BCUT2D eigenvalue weighted by Gasteiger charge is 2.44. The van der Waals surface area contributed by atoms with Gasteiger partial charge in [-0.3, -0.25) is 0 Å². The number of nitrogens with one attached hydrogen (secondary N) is 1. The monoisotopic (exact) mass is 303 g/mol. The molecule has 1 aliphatic rings. The lowest BCUT2D eigenvalue weighted by molar-refractivity contribution is 0.0424. The molecule has 1 fully saturated rings. The van der Waals surface area contributed by atoms with E-state index in [0.29, 0.717) is 12.5 Å². The molecule has 2 N–H and O–H groups in total. The molecule has 0 heterocycles. The van der Waals surface area contributed by atoms with Gasteiger partial charge in [0, 0.05) is 12.0 Å². The van der Waals surface area contributed by atoms with Gasteiger partial charge in [-0.15, -0.1) is 0 Å². The second kappa shape index (κ2) is 7.55. The van der Waals surface area contributed by atoms with Crippen LogP contribution < -0.4 is 5.32 Å². The number of alkyl carbamates (subject to hydrolysis) is 1. The van der Waals surface area contributed by atoms with Crippen molar-refractivity contribution in [3.63, 3.8) is 0 Å². The van der Waals surface area contributed by atoms with Crippen molar-refractivity contribution in [1.82, 2.24) is 5.32 Å². The van der Waals surface area contributed by atoms with E-state index in [1.807, 2.05) is 32.5 Å². The first-order valence-corrected chi connectivity index (χ1v) is 8.79. The number of hydrogen-bond acceptors (Lipinski definition) is 4. The number of hydrogen-bond donors (Lipinski definition) is 2. The largest absolute Gasteiger partial charge is 0.444 e. The number of carbonyl (C=O) groups excluding carboxylic acids is 1. The third-order valence-corrected chi connectivity index (χ3v) is 4.46. The molecule has 1 atom stereocenters. The standard InChI is InChI=1S/C15H29NO3S/c1-14(2,3)19-13(18)16-10-15(11-17,12-6-7-12)8-5-9-20-4/h12,17H,5-11H2,1-4H3,(H,16,18). The van der Waals surface area contributed by atoms with E-state index < -0.39 is 5.60 Å². The van der Waals surface area contributed by atoms with Crippen molar-refractivity contribution in [3.8, 4) is 0 Å². The van der Waals surface area contributed by atoms with Crippen molar-refractivity contribution in [2.75, 3.05) is 25.2 Å². The zero-order chi connectivity index (χ0) is 15.2. The van der Waals surface area contributed by atoms with Crippen molar-refractivity contribution >= 4 is 17.9 Å². The van der Waals surface area contributed by atoms with Crippen molar-refractivity contribution in [3.05, 3.63) is 0 Å². The van der Waals surface area contributed by atoms with Crippen LogP contribution in [-0.2, 0) is 4.74 Å². The van der Waals surface area contributed by atoms with Crippen molar-refractivity contribution in [2.45, 2.75) is 52.1 Å². The SMILES string of the molecule is CSCCCC(CO)(CNC(=O)OC(C)(C)C)C1CC1. The highest BCUT2D eigenvalue weighted by Crippen LogP contribution is 2.48. The Kier molecular flexibility index (Phi) is 6.65. The van der Waals surface area contributed by atoms with E-state index in [1.54, 1.807) is 0 Å². The molecule has 1 aliphatic carbocycles. The molecule has 118 valence electrons. The summed E-state index contributed by atoms with van der Waals surface area (Å²) >= 11 is 1.82. The third kappa shape index (κ3) is 5.92. The average Bonchev–Trinajstić information content (AvgIpc) is 3.16. The Balaban J connectivity index is 2.50. The fourth-order valence-corrected chi connectivity index (χ4v) is 2.96. The first-order valence-electron chi connectivity index (χ1n) is 7.39. The first-order chi connectivity index (χ1) is 9.33. The Morgan fingerprint density at radius 1 is 1.40 bits per heavy atom. The molecule has 0 aromatic heterocycles. The molecular weight excluding hydrogens is 274 g/mol. The van der Waals surface area contributed by atoms with Gasteiger partial charge in [0.25, 0.3) is 0 Å². The van der Waals surface area contributed by atoms with E-state index in [2.05, 4.69) is 11.6 Å².